The first-order valence-electron chi connectivity index (χ1n) is 7.62. The van der Waals surface area contributed by atoms with E-state index in [0.717, 1.165) is 21.7 Å². The van der Waals surface area contributed by atoms with E-state index < -0.39 is 0 Å². The van der Waals surface area contributed by atoms with Crippen molar-refractivity contribution >= 4 is 28.8 Å². The molecule has 22 heavy (non-hydrogen) atoms. The minimum Gasteiger partial charge on any atom is -0.347 e. The van der Waals surface area contributed by atoms with E-state index in [1.54, 1.807) is 0 Å². The van der Waals surface area contributed by atoms with Crippen LogP contribution in [0, 0.1) is 0 Å². The number of hydrogen-bond donors (Lipinski definition) is 2. The van der Waals surface area contributed by atoms with Gasteiger partial charge < -0.3 is 10.6 Å². The molecule has 114 valence electrons. The average molecular weight is 333 g/mol. The lowest BCUT2D eigenvalue weighted by Gasteiger charge is -2.20. The summed E-state index contributed by atoms with van der Waals surface area (Å²) in [4.78, 5) is 14.3. The van der Waals surface area contributed by atoms with Crippen LogP contribution in [0.1, 0.15) is 28.9 Å². The third-order valence-electron chi connectivity index (χ3n) is 4.56. The summed E-state index contributed by atoms with van der Waals surface area (Å²) in [6.45, 7) is 0. The maximum absolute atomic E-state index is 12.4. The van der Waals surface area contributed by atoms with E-state index in [4.69, 9.17) is 11.6 Å². The molecular weight excluding hydrogens is 316 g/mol. The van der Waals surface area contributed by atoms with Gasteiger partial charge in [0.15, 0.2) is 0 Å². The molecule has 2 fully saturated rings. The van der Waals surface area contributed by atoms with Gasteiger partial charge in [0, 0.05) is 28.0 Å². The van der Waals surface area contributed by atoms with Crippen molar-refractivity contribution in [2.24, 2.45) is 0 Å². The monoisotopic (exact) mass is 332 g/mol. The SMILES string of the molecule is O=C(N[C@@H]1C[C@H]2CC[C@@H]1N2)c1ccc(-c2cccc(Cl)c2)s1. The van der Waals surface area contributed by atoms with Crippen LogP contribution < -0.4 is 10.6 Å². The van der Waals surface area contributed by atoms with Gasteiger partial charge in [-0.25, -0.2) is 0 Å². The lowest BCUT2D eigenvalue weighted by molar-refractivity contribution is 0.0935. The fourth-order valence-corrected chi connectivity index (χ4v) is 4.58. The first-order chi connectivity index (χ1) is 10.7. The molecule has 2 N–H and O–H groups in total. The first-order valence-corrected chi connectivity index (χ1v) is 8.81. The molecule has 2 saturated heterocycles. The molecule has 5 heteroatoms. The number of rotatable bonds is 3. The van der Waals surface area contributed by atoms with Gasteiger partial charge in [0.05, 0.1) is 4.88 Å². The Bertz CT molecular complexity index is 714. The summed E-state index contributed by atoms with van der Waals surface area (Å²) in [5.74, 6) is 0.0395. The highest BCUT2D eigenvalue weighted by Gasteiger charge is 2.39. The van der Waals surface area contributed by atoms with Crippen LogP contribution in [0.2, 0.25) is 5.02 Å². The third-order valence-corrected chi connectivity index (χ3v) is 5.92. The molecule has 2 bridgehead atoms. The number of carbonyl (C=O) groups excluding carboxylic acids is 1. The van der Waals surface area contributed by atoms with Gasteiger partial charge in [-0.1, -0.05) is 23.7 Å². The Morgan fingerprint density at radius 2 is 2.18 bits per heavy atom. The molecule has 2 aromatic rings. The zero-order valence-corrected chi connectivity index (χ0v) is 13.6. The van der Waals surface area contributed by atoms with Crippen LogP contribution in [-0.2, 0) is 0 Å². The summed E-state index contributed by atoms with van der Waals surface area (Å²) < 4.78 is 0. The first kappa shape index (κ1) is 14.2. The minimum absolute atomic E-state index is 0.0395. The Hall–Kier alpha value is -1.36. The van der Waals surface area contributed by atoms with Gasteiger partial charge in [0.2, 0.25) is 0 Å². The Morgan fingerprint density at radius 3 is 2.91 bits per heavy atom. The summed E-state index contributed by atoms with van der Waals surface area (Å²) in [6.07, 6.45) is 3.48. The van der Waals surface area contributed by atoms with Crippen LogP contribution in [0.4, 0.5) is 0 Å². The average Bonchev–Trinajstić information content (AvgIpc) is 3.23. The second kappa shape index (κ2) is 5.69. The van der Waals surface area contributed by atoms with Crippen LogP contribution in [0.15, 0.2) is 36.4 Å². The van der Waals surface area contributed by atoms with Crippen molar-refractivity contribution < 1.29 is 4.79 Å². The molecule has 0 spiro atoms. The van der Waals surface area contributed by atoms with Crippen molar-refractivity contribution in [3.05, 3.63) is 46.3 Å². The normalized spacial score (nSPS) is 26.3. The summed E-state index contributed by atoms with van der Waals surface area (Å²) >= 11 is 7.55. The van der Waals surface area contributed by atoms with Gasteiger partial charge in [-0.05, 0) is 49.1 Å². The summed E-state index contributed by atoms with van der Waals surface area (Å²) in [6, 6.07) is 13.0. The van der Waals surface area contributed by atoms with Crippen LogP contribution in [0.5, 0.6) is 0 Å². The number of amides is 1. The second-order valence-electron chi connectivity index (χ2n) is 6.04. The van der Waals surface area contributed by atoms with Crippen molar-refractivity contribution in [1.82, 2.24) is 10.6 Å². The van der Waals surface area contributed by atoms with E-state index in [1.165, 1.54) is 24.2 Å². The van der Waals surface area contributed by atoms with Crippen LogP contribution >= 0.6 is 22.9 Å². The Labute approximate surface area is 138 Å². The van der Waals surface area contributed by atoms with Gasteiger partial charge in [0.1, 0.15) is 0 Å². The number of thiophene rings is 1. The predicted molar refractivity (Wildman–Crippen MR) is 90.6 cm³/mol. The molecule has 4 rings (SSSR count). The molecule has 2 aliphatic heterocycles. The van der Waals surface area contributed by atoms with Gasteiger partial charge in [0.25, 0.3) is 5.91 Å². The van der Waals surface area contributed by atoms with Crippen molar-refractivity contribution in [3.8, 4) is 10.4 Å². The lowest BCUT2D eigenvalue weighted by Crippen LogP contribution is -2.42. The topological polar surface area (TPSA) is 41.1 Å². The number of benzene rings is 1. The van der Waals surface area contributed by atoms with E-state index in [9.17, 15) is 4.79 Å². The van der Waals surface area contributed by atoms with Crippen LogP contribution in [0.3, 0.4) is 0 Å². The third kappa shape index (κ3) is 2.67. The van der Waals surface area contributed by atoms with Crippen molar-refractivity contribution in [1.29, 1.82) is 0 Å². The van der Waals surface area contributed by atoms with Gasteiger partial charge in [-0.15, -0.1) is 11.3 Å². The van der Waals surface area contributed by atoms with Crippen molar-refractivity contribution in [2.45, 2.75) is 37.4 Å². The van der Waals surface area contributed by atoms with Crippen LogP contribution in [-0.4, -0.2) is 24.0 Å². The molecular formula is C17H17ClN2OS. The minimum atomic E-state index is 0.0395. The number of nitrogens with one attached hydrogen (secondary N) is 2. The van der Waals surface area contributed by atoms with E-state index in [0.29, 0.717) is 17.1 Å². The second-order valence-corrected chi connectivity index (χ2v) is 7.56. The standard InChI is InChI=1S/C17H17ClN2OS/c18-11-3-1-2-10(8-11)15-6-7-16(22-15)17(21)20-14-9-12-4-5-13(14)19-12/h1-3,6-8,12-14,19H,4-5,9H2,(H,20,21)/t12-,13+,14-/m1/s1. The zero-order valence-electron chi connectivity index (χ0n) is 12.0. The molecule has 1 aromatic carbocycles. The Morgan fingerprint density at radius 1 is 1.27 bits per heavy atom. The van der Waals surface area contributed by atoms with E-state index in [1.807, 2.05) is 36.4 Å². The van der Waals surface area contributed by atoms with E-state index >= 15 is 0 Å². The molecule has 3 nitrogen and oxygen atoms in total. The highest BCUT2D eigenvalue weighted by molar-refractivity contribution is 7.17. The maximum atomic E-state index is 12.4. The van der Waals surface area contributed by atoms with Gasteiger partial charge in [-0.2, -0.15) is 0 Å². The smallest absolute Gasteiger partial charge is 0.261 e. The molecule has 0 saturated carbocycles. The predicted octanol–water partition coefficient (Wildman–Crippen LogP) is 3.69. The number of carbonyl (C=O) groups is 1. The zero-order chi connectivity index (χ0) is 15.1. The Balaban J connectivity index is 1.48. The molecule has 0 unspecified atom stereocenters. The summed E-state index contributed by atoms with van der Waals surface area (Å²) in [7, 11) is 0. The number of halogens is 1. The molecule has 0 aliphatic carbocycles. The molecule has 1 amide bonds. The van der Waals surface area contributed by atoms with Gasteiger partial charge in [-0.3, -0.25) is 4.79 Å². The van der Waals surface area contributed by atoms with E-state index in [2.05, 4.69) is 10.6 Å². The fourth-order valence-electron chi connectivity index (χ4n) is 3.48. The largest absolute Gasteiger partial charge is 0.347 e. The molecule has 0 radical (unpaired) electrons. The highest BCUT2D eigenvalue weighted by atomic mass is 35.5. The van der Waals surface area contributed by atoms with Gasteiger partial charge >= 0.3 is 0 Å². The fraction of sp³-hybridized carbons (Fsp3) is 0.353. The summed E-state index contributed by atoms with van der Waals surface area (Å²) in [5.41, 5.74) is 1.05. The molecule has 3 atom stereocenters. The van der Waals surface area contributed by atoms with Crippen LogP contribution in [0.25, 0.3) is 10.4 Å². The molecule has 2 aliphatic rings. The quantitative estimate of drug-likeness (QED) is 0.900. The number of fused-ring (bicyclic) bond motifs is 2. The lowest BCUT2D eigenvalue weighted by atomic mass is 9.95. The molecule has 3 heterocycles. The van der Waals surface area contributed by atoms with E-state index in [-0.39, 0.29) is 11.9 Å². The molecule has 1 aromatic heterocycles. The van der Waals surface area contributed by atoms with Crippen molar-refractivity contribution in [2.75, 3.05) is 0 Å². The summed E-state index contributed by atoms with van der Waals surface area (Å²) in [5, 5.41) is 7.44. The number of hydrogen-bond acceptors (Lipinski definition) is 3. The maximum Gasteiger partial charge on any atom is 0.261 e. The van der Waals surface area contributed by atoms with Crippen molar-refractivity contribution in [3.63, 3.8) is 0 Å². The Kier molecular flexibility index (Phi) is 3.68. The highest BCUT2D eigenvalue weighted by Crippen LogP contribution is 2.31.